The molecule has 3 saturated carbocycles. The largest absolute Gasteiger partial charge is 0.461 e. The van der Waals surface area contributed by atoms with Crippen LogP contribution in [0.25, 0.3) is 0 Å². The highest BCUT2D eigenvalue weighted by atomic mass is 32.2. The number of hydrogen-bond donors (Lipinski definition) is 4. The van der Waals surface area contributed by atoms with Gasteiger partial charge in [-0.25, -0.2) is 9.97 Å². The normalized spacial score (nSPS) is 38.8. The molecule has 0 radical (unpaired) electrons. The predicted octanol–water partition coefficient (Wildman–Crippen LogP) is 3.06. The lowest BCUT2D eigenvalue weighted by atomic mass is 9.44. The van der Waals surface area contributed by atoms with Gasteiger partial charge in [0.15, 0.2) is 5.16 Å². The van der Waals surface area contributed by atoms with E-state index in [9.17, 15) is 24.6 Å². The number of aliphatic hydroxyl groups excluding tert-OH is 2. The van der Waals surface area contributed by atoms with Gasteiger partial charge in [-0.05, 0) is 49.4 Å². The summed E-state index contributed by atoms with van der Waals surface area (Å²) in [5.41, 5.74) is 4.34. The van der Waals surface area contributed by atoms with Gasteiger partial charge in [-0.3, -0.25) is 19.3 Å². The van der Waals surface area contributed by atoms with E-state index in [1.165, 1.54) is 6.07 Å². The summed E-state index contributed by atoms with van der Waals surface area (Å²) in [7, 11) is 0. The maximum Gasteiger partial charge on any atom is 0.316 e. The Bertz CT molecular complexity index is 1310. The zero-order chi connectivity index (χ0) is 32.0. The number of anilines is 2. The molecule has 5 rings (SSSR count). The first kappa shape index (κ1) is 32.8. The number of Topliss-reactive ketones (excluding diaryl/α,β-unsaturated/α-hetero) is 1. The van der Waals surface area contributed by atoms with E-state index in [1.807, 2.05) is 11.8 Å². The molecule has 0 unspecified atom stereocenters. The molecular formula is C32H47N5O6S. The number of nitrogens with zero attached hydrogens (tertiary/aromatic N) is 3. The Morgan fingerprint density at radius 3 is 2.68 bits per heavy atom. The molecule has 1 saturated heterocycles. The lowest BCUT2D eigenvalue weighted by molar-refractivity contribution is -0.205. The number of thioether (sulfide) groups is 1. The number of likely N-dealkylation sites (tertiary alicyclic amines) is 1. The summed E-state index contributed by atoms with van der Waals surface area (Å²) in [6, 6.07) is 1.45. The number of aromatic nitrogens is 2. The molecule has 1 aromatic heterocycles. The monoisotopic (exact) mass is 629 g/mol. The van der Waals surface area contributed by atoms with E-state index >= 15 is 0 Å². The Balaban J connectivity index is 1.32. The lowest BCUT2D eigenvalue weighted by Gasteiger charge is -2.61. The number of nitrogen functional groups attached to an aromatic ring is 1. The molecule has 1 aromatic rings. The van der Waals surface area contributed by atoms with Crippen molar-refractivity contribution >= 4 is 41.1 Å². The summed E-state index contributed by atoms with van der Waals surface area (Å²) in [5.74, 6) is -0.545. The van der Waals surface area contributed by atoms with Crippen LogP contribution in [-0.4, -0.2) is 86.4 Å². The second kappa shape index (κ2) is 12.3. The van der Waals surface area contributed by atoms with Crippen LogP contribution in [0.1, 0.15) is 66.2 Å². The van der Waals surface area contributed by atoms with Crippen LogP contribution < -0.4 is 11.1 Å². The number of aliphatic hydroxyl groups is 2. The van der Waals surface area contributed by atoms with E-state index in [-0.39, 0.29) is 63.9 Å². The fourth-order valence-electron chi connectivity index (χ4n) is 8.73. The van der Waals surface area contributed by atoms with E-state index in [2.05, 4.69) is 42.6 Å². The summed E-state index contributed by atoms with van der Waals surface area (Å²) < 4.78 is 6.30. The number of amides is 1. The molecule has 11 nitrogen and oxygen atoms in total. The number of β-amino-alcohol motifs (C(OH)–C–C–N with tert-alkyl or cyclic N) is 1. The molecule has 12 heteroatoms. The van der Waals surface area contributed by atoms with Crippen LogP contribution in [0.2, 0.25) is 0 Å². The average molecular weight is 630 g/mol. The molecule has 44 heavy (non-hydrogen) atoms. The topological polar surface area (TPSA) is 168 Å². The predicted molar refractivity (Wildman–Crippen MR) is 168 cm³/mol. The first-order valence-electron chi connectivity index (χ1n) is 15.7. The van der Waals surface area contributed by atoms with Gasteiger partial charge in [0.05, 0.1) is 24.5 Å². The molecule has 3 aliphatic carbocycles. The quantitative estimate of drug-likeness (QED) is 0.144. The minimum absolute atomic E-state index is 0.0988. The fourth-order valence-corrected chi connectivity index (χ4v) is 9.38. The average Bonchev–Trinajstić information content (AvgIpc) is 3.54. The molecule has 1 amide bonds. The Morgan fingerprint density at radius 2 is 2.00 bits per heavy atom. The van der Waals surface area contributed by atoms with Gasteiger partial charge >= 0.3 is 5.97 Å². The number of hydrogen-bond acceptors (Lipinski definition) is 11. The number of carbonyl (C=O) groups is 3. The third kappa shape index (κ3) is 5.90. The van der Waals surface area contributed by atoms with Gasteiger partial charge in [0, 0.05) is 42.3 Å². The van der Waals surface area contributed by atoms with Crippen LogP contribution in [0.15, 0.2) is 23.9 Å². The molecule has 242 valence electrons. The number of nitrogens with two attached hydrogens (primary N) is 1. The summed E-state index contributed by atoms with van der Waals surface area (Å²) in [4.78, 5) is 50.1. The Morgan fingerprint density at radius 1 is 1.25 bits per heavy atom. The highest BCUT2D eigenvalue weighted by molar-refractivity contribution is 7.99. The molecule has 0 aromatic carbocycles. The van der Waals surface area contributed by atoms with Crippen LogP contribution in [0.3, 0.4) is 0 Å². The lowest BCUT2D eigenvalue weighted by Crippen LogP contribution is -2.63. The van der Waals surface area contributed by atoms with Crippen LogP contribution in [-0.2, 0) is 19.1 Å². The van der Waals surface area contributed by atoms with Crippen molar-refractivity contribution in [2.45, 2.75) is 89.7 Å². The van der Waals surface area contributed by atoms with Crippen LogP contribution in [0.5, 0.6) is 0 Å². The van der Waals surface area contributed by atoms with Crippen molar-refractivity contribution in [3.63, 3.8) is 0 Å². The molecule has 5 N–H and O–H groups in total. The van der Waals surface area contributed by atoms with E-state index < -0.39 is 35.1 Å². The van der Waals surface area contributed by atoms with E-state index in [0.29, 0.717) is 32.4 Å². The van der Waals surface area contributed by atoms with Gasteiger partial charge in [0.1, 0.15) is 23.5 Å². The minimum atomic E-state index is -0.730. The van der Waals surface area contributed by atoms with Gasteiger partial charge < -0.3 is 26.0 Å². The molecule has 2 heterocycles. The standard InChI is InChI=1S/C32H47N5O6S/c1-6-30(4)14-22(31(5)18(2)7-10-32(19(3)28(30)42)11-8-21(39)27(31)32)43-26(41)17-44-29-34-23(33)13-24(36-29)35-25(40)16-37-12-9-20(38)15-37/h6,13,18-20,22,27-28,38,42H,1,7-12,14-17H2,2-5H3,(H3,33,34,35,36,40)/t18-,19+,20+,22-,27+,28+,30-,31+,32+/m1/s1. The Kier molecular flexibility index (Phi) is 9.21. The maximum absolute atomic E-state index is 13.6. The number of ketones is 1. The Labute approximate surface area is 263 Å². The number of rotatable bonds is 8. The highest BCUT2D eigenvalue weighted by Gasteiger charge is 2.68. The molecule has 9 atom stereocenters. The Hall–Kier alpha value is -2.54. The second-order valence-corrected chi connectivity index (χ2v) is 15.0. The molecule has 1 aliphatic heterocycles. The van der Waals surface area contributed by atoms with E-state index in [1.54, 1.807) is 6.08 Å². The zero-order valence-corrected chi connectivity index (χ0v) is 27.1. The van der Waals surface area contributed by atoms with Crippen molar-refractivity contribution in [2.24, 2.45) is 34.0 Å². The molecule has 0 spiro atoms. The van der Waals surface area contributed by atoms with Crippen molar-refractivity contribution in [3.05, 3.63) is 18.7 Å². The first-order chi connectivity index (χ1) is 20.7. The fraction of sp³-hybridized carbons (Fsp3) is 0.719. The molecule has 4 fully saturated rings. The first-order valence-corrected chi connectivity index (χ1v) is 16.7. The SMILES string of the molecule is C=C[C@]1(C)C[C@@H](OC(=O)CSc2nc(N)cc(NC(=O)CN3CC[C@H](O)C3)n2)[C@]2(C)[C@H](C)CC[C@]3(CCC(=O)[C@H]32)[C@@H](C)[C@@H]1O. The maximum atomic E-state index is 13.6. The summed E-state index contributed by atoms with van der Waals surface area (Å²) in [6.45, 7) is 13.6. The number of nitrogens with one attached hydrogen (secondary N) is 1. The van der Waals surface area contributed by atoms with Gasteiger partial charge in [-0.1, -0.05) is 45.5 Å². The van der Waals surface area contributed by atoms with E-state index in [0.717, 1.165) is 31.0 Å². The van der Waals surface area contributed by atoms with Crippen molar-refractivity contribution in [1.29, 1.82) is 0 Å². The van der Waals surface area contributed by atoms with Crippen molar-refractivity contribution in [1.82, 2.24) is 14.9 Å². The number of ether oxygens (including phenoxy) is 1. The number of esters is 1. The van der Waals surface area contributed by atoms with Crippen LogP contribution in [0.4, 0.5) is 11.6 Å². The van der Waals surface area contributed by atoms with Gasteiger partial charge in [0.25, 0.3) is 0 Å². The third-order valence-corrected chi connectivity index (χ3v) is 12.3. The third-order valence-electron chi connectivity index (χ3n) is 11.5. The van der Waals surface area contributed by atoms with Gasteiger partial charge in [-0.2, -0.15) is 0 Å². The van der Waals surface area contributed by atoms with Gasteiger partial charge in [0.2, 0.25) is 5.91 Å². The van der Waals surface area contributed by atoms with Crippen LogP contribution >= 0.6 is 11.8 Å². The zero-order valence-electron chi connectivity index (χ0n) is 26.3. The minimum Gasteiger partial charge on any atom is -0.461 e. The smallest absolute Gasteiger partial charge is 0.316 e. The summed E-state index contributed by atoms with van der Waals surface area (Å²) in [6.07, 6.45) is 4.00. The highest BCUT2D eigenvalue weighted by Crippen LogP contribution is 2.68. The molecule has 2 bridgehead atoms. The second-order valence-electron chi connectivity index (χ2n) is 14.0. The van der Waals surface area contributed by atoms with Crippen molar-refractivity contribution < 1.29 is 29.3 Å². The summed E-state index contributed by atoms with van der Waals surface area (Å²) in [5, 5.41) is 24.4. The molecule has 4 aliphatic rings. The van der Waals surface area contributed by atoms with Crippen LogP contribution in [0, 0.1) is 34.0 Å². The van der Waals surface area contributed by atoms with Crippen molar-refractivity contribution in [2.75, 3.05) is 36.4 Å². The van der Waals surface area contributed by atoms with Crippen molar-refractivity contribution in [3.8, 4) is 0 Å². The van der Waals surface area contributed by atoms with Gasteiger partial charge in [-0.15, -0.1) is 6.58 Å². The summed E-state index contributed by atoms with van der Waals surface area (Å²) >= 11 is 1.06. The molecular weight excluding hydrogens is 582 g/mol. The van der Waals surface area contributed by atoms with E-state index in [4.69, 9.17) is 10.5 Å². The number of carbonyl (C=O) groups excluding carboxylic acids is 3.